The van der Waals surface area contributed by atoms with Crippen LogP contribution in [-0.2, 0) is 4.74 Å². The fourth-order valence-electron chi connectivity index (χ4n) is 3.01. The normalized spacial score (nSPS) is 17.6. The lowest BCUT2D eigenvalue weighted by Gasteiger charge is -2.34. The van der Waals surface area contributed by atoms with Gasteiger partial charge in [-0.1, -0.05) is 30.3 Å². The fourth-order valence-corrected chi connectivity index (χ4v) is 3.88. The largest absolute Gasteiger partial charge is 0.469 e. The van der Waals surface area contributed by atoms with Gasteiger partial charge in [-0.3, -0.25) is 4.79 Å². The summed E-state index contributed by atoms with van der Waals surface area (Å²) in [5, 5.41) is 2.97. The van der Waals surface area contributed by atoms with E-state index in [-0.39, 0.29) is 11.9 Å². The van der Waals surface area contributed by atoms with Gasteiger partial charge in [0, 0.05) is 17.5 Å². The number of benzene rings is 1. The zero-order valence-corrected chi connectivity index (χ0v) is 14.7. The molecule has 1 aliphatic heterocycles. The van der Waals surface area contributed by atoms with E-state index in [2.05, 4.69) is 0 Å². The summed E-state index contributed by atoms with van der Waals surface area (Å²) >= 11 is 1.59. The highest BCUT2D eigenvalue weighted by atomic mass is 32.1. The van der Waals surface area contributed by atoms with E-state index in [0.29, 0.717) is 31.1 Å². The zero-order chi connectivity index (χ0) is 17.2. The molecule has 3 heterocycles. The molecule has 3 aromatic rings. The Kier molecular flexibility index (Phi) is 4.38. The molecule has 5 nitrogen and oxygen atoms in total. The van der Waals surface area contributed by atoms with E-state index in [9.17, 15) is 4.79 Å². The Hall–Kier alpha value is -2.44. The summed E-state index contributed by atoms with van der Waals surface area (Å²) in [6, 6.07) is 11.6. The lowest BCUT2D eigenvalue weighted by atomic mass is 10.1. The van der Waals surface area contributed by atoms with Crippen LogP contribution in [0.2, 0.25) is 0 Å². The predicted molar refractivity (Wildman–Crippen MR) is 95.6 cm³/mol. The quantitative estimate of drug-likeness (QED) is 0.715. The van der Waals surface area contributed by atoms with E-state index in [1.807, 2.05) is 40.6 Å². The first-order chi connectivity index (χ1) is 12.2. The van der Waals surface area contributed by atoms with Crippen molar-refractivity contribution in [3.05, 3.63) is 65.1 Å². The summed E-state index contributed by atoms with van der Waals surface area (Å²) < 4.78 is 10.9. The second-order valence-electron chi connectivity index (χ2n) is 5.92. The van der Waals surface area contributed by atoms with E-state index >= 15 is 0 Å². The van der Waals surface area contributed by atoms with Crippen LogP contribution in [0.15, 0.2) is 52.5 Å². The molecule has 128 valence electrons. The van der Waals surface area contributed by atoms with Crippen molar-refractivity contribution < 1.29 is 13.9 Å². The van der Waals surface area contributed by atoms with Crippen LogP contribution in [0.1, 0.15) is 27.9 Å². The van der Waals surface area contributed by atoms with E-state index in [1.165, 1.54) is 0 Å². The van der Waals surface area contributed by atoms with Crippen molar-refractivity contribution >= 4 is 17.2 Å². The highest BCUT2D eigenvalue weighted by Gasteiger charge is 2.32. The van der Waals surface area contributed by atoms with Crippen LogP contribution in [0.5, 0.6) is 0 Å². The molecule has 0 saturated carbocycles. The molecular formula is C19H18N2O3S. The number of carbonyl (C=O) groups is 1. The first-order valence-electron chi connectivity index (χ1n) is 8.17. The third-order valence-electron chi connectivity index (χ3n) is 4.36. The molecule has 0 spiro atoms. The van der Waals surface area contributed by atoms with Crippen molar-refractivity contribution in [1.29, 1.82) is 0 Å². The lowest BCUT2D eigenvalue weighted by molar-refractivity contribution is -0.00380. The van der Waals surface area contributed by atoms with Gasteiger partial charge in [0.1, 0.15) is 10.8 Å². The van der Waals surface area contributed by atoms with E-state index in [0.717, 1.165) is 16.3 Å². The molecule has 0 aliphatic carbocycles. The third-order valence-corrected chi connectivity index (χ3v) is 5.27. The smallest absolute Gasteiger partial charge is 0.258 e. The van der Waals surface area contributed by atoms with Crippen molar-refractivity contribution in [1.82, 2.24) is 9.88 Å². The molecular weight excluding hydrogens is 336 g/mol. The minimum Gasteiger partial charge on any atom is -0.469 e. The van der Waals surface area contributed by atoms with E-state index in [1.54, 1.807) is 30.6 Å². The van der Waals surface area contributed by atoms with Crippen molar-refractivity contribution in [3.63, 3.8) is 0 Å². The Morgan fingerprint density at radius 1 is 1.28 bits per heavy atom. The first kappa shape index (κ1) is 16.1. The Morgan fingerprint density at radius 3 is 2.88 bits per heavy atom. The van der Waals surface area contributed by atoms with Crippen LogP contribution < -0.4 is 0 Å². The van der Waals surface area contributed by atoms with Gasteiger partial charge in [-0.2, -0.15) is 0 Å². The van der Waals surface area contributed by atoms with Crippen molar-refractivity contribution in [2.45, 2.75) is 13.0 Å². The summed E-state index contributed by atoms with van der Waals surface area (Å²) in [5.41, 5.74) is 2.56. The monoisotopic (exact) mass is 354 g/mol. The van der Waals surface area contributed by atoms with Crippen LogP contribution in [0.4, 0.5) is 0 Å². The molecule has 2 aromatic heterocycles. The molecule has 1 aromatic carbocycles. The Balaban J connectivity index is 1.63. The summed E-state index contributed by atoms with van der Waals surface area (Å²) in [7, 11) is 0. The molecule has 25 heavy (non-hydrogen) atoms. The van der Waals surface area contributed by atoms with Crippen LogP contribution in [-0.4, -0.2) is 35.5 Å². The number of ether oxygens (including phenoxy) is 1. The highest BCUT2D eigenvalue weighted by Crippen LogP contribution is 2.31. The molecule has 1 atom stereocenters. The van der Waals surface area contributed by atoms with Crippen molar-refractivity contribution in [2.24, 2.45) is 0 Å². The average molecular weight is 354 g/mol. The fraction of sp³-hybridized carbons (Fsp3) is 0.263. The first-order valence-corrected chi connectivity index (χ1v) is 9.05. The number of amides is 1. The summed E-state index contributed by atoms with van der Waals surface area (Å²) in [6.07, 6.45) is 1.55. The molecule has 0 unspecified atom stereocenters. The molecule has 1 fully saturated rings. The highest BCUT2D eigenvalue weighted by molar-refractivity contribution is 7.13. The molecule has 4 rings (SSSR count). The number of rotatable bonds is 3. The number of nitrogens with zero attached hydrogens (tertiary/aromatic N) is 2. The standard InChI is InChI=1S/C19H18N2O3S/c1-13-15(7-9-24-13)19(22)21-8-10-23-11-17(21)16-12-25-18(20-16)14-5-3-2-4-6-14/h2-7,9,12,17H,8,10-11H2,1H3/t17-/m1/s1. The molecule has 0 radical (unpaired) electrons. The second-order valence-corrected chi connectivity index (χ2v) is 6.78. The molecule has 1 aliphatic rings. The van der Waals surface area contributed by atoms with Gasteiger partial charge in [0.25, 0.3) is 5.91 Å². The van der Waals surface area contributed by atoms with Gasteiger partial charge in [0.05, 0.1) is 36.8 Å². The van der Waals surface area contributed by atoms with Gasteiger partial charge in [-0.05, 0) is 13.0 Å². The minimum absolute atomic E-state index is 0.0335. The number of thiazole rings is 1. The van der Waals surface area contributed by atoms with Gasteiger partial charge in [-0.25, -0.2) is 4.98 Å². The van der Waals surface area contributed by atoms with Gasteiger partial charge in [0.15, 0.2) is 0 Å². The molecule has 0 bridgehead atoms. The van der Waals surface area contributed by atoms with Gasteiger partial charge in [-0.15, -0.1) is 11.3 Å². The van der Waals surface area contributed by atoms with Gasteiger partial charge in [0.2, 0.25) is 0 Å². The Morgan fingerprint density at radius 2 is 2.12 bits per heavy atom. The Labute approximate surface area is 149 Å². The maximum atomic E-state index is 12.9. The van der Waals surface area contributed by atoms with E-state index < -0.39 is 0 Å². The number of aryl methyl sites for hydroxylation is 1. The SMILES string of the molecule is Cc1occc1C(=O)N1CCOC[C@@H]1c1csc(-c2ccccc2)n1. The van der Waals surface area contributed by atoms with Crippen molar-refractivity contribution in [3.8, 4) is 10.6 Å². The third kappa shape index (κ3) is 3.10. The second kappa shape index (κ2) is 6.82. The number of furan rings is 1. The van der Waals surface area contributed by atoms with E-state index in [4.69, 9.17) is 14.1 Å². The molecule has 0 N–H and O–H groups in total. The van der Waals surface area contributed by atoms with Crippen LogP contribution >= 0.6 is 11.3 Å². The van der Waals surface area contributed by atoms with Gasteiger partial charge < -0.3 is 14.1 Å². The predicted octanol–water partition coefficient (Wildman–Crippen LogP) is 3.93. The lowest BCUT2D eigenvalue weighted by Crippen LogP contribution is -2.43. The number of aromatic nitrogens is 1. The number of hydrogen-bond acceptors (Lipinski definition) is 5. The number of carbonyl (C=O) groups excluding carboxylic acids is 1. The molecule has 6 heteroatoms. The summed E-state index contributed by atoms with van der Waals surface area (Å²) in [5.74, 6) is 0.604. The van der Waals surface area contributed by atoms with Gasteiger partial charge >= 0.3 is 0 Å². The molecule has 1 amide bonds. The maximum Gasteiger partial charge on any atom is 0.258 e. The Bertz CT molecular complexity index is 872. The summed E-state index contributed by atoms with van der Waals surface area (Å²) in [6.45, 7) is 3.35. The maximum absolute atomic E-state index is 12.9. The molecule has 1 saturated heterocycles. The summed E-state index contributed by atoms with van der Waals surface area (Å²) in [4.78, 5) is 19.5. The van der Waals surface area contributed by atoms with Crippen LogP contribution in [0, 0.1) is 6.92 Å². The average Bonchev–Trinajstić information content (AvgIpc) is 3.31. The zero-order valence-electron chi connectivity index (χ0n) is 13.8. The van der Waals surface area contributed by atoms with Crippen molar-refractivity contribution in [2.75, 3.05) is 19.8 Å². The van der Waals surface area contributed by atoms with Crippen LogP contribution in [0.3, 0.4) is 0 Å². The minimum atomic E-state index is -0.177. The number of hydrogen-bond donors (Lipinski definition) is 0. The topological polar surface area (TPSA) is 55.6 Å². The van der Waals surface area contributed by atoms with Crippen LogP contribution in [0.25, 0.3) is 10.6 Å². The number of morpholine rings is 1.